The van der Waals surface area contributed by atoms with E-state index in [9.17, 15) is 10.1 Å². The van der Waals surface area contributed by atoms with E-state index in [0.717, 1.165) is 42.5 Å². The van der Waals surface area contributed by atoms with Crippen molar-refractivity contribution in [3.05, 3.63) is 53.9 Å². The molecule has 9 nitrogen and oxygen atoms in total. The highest BCUT2D eigenvalue weighted by molar-refractivity contribution is 7.19. The monoisotopic (exact) mass is 492 g/mol. The third-order valence-electron chi connectivity index (χ3n) is 5.85. The van der Waals surface area contributed by atoms with Gasteiger partial charge in [0.05, 0.1) is 13.7 Å². The van der Waals surface area contributed by atoms with E-state index in [1.54, 1.807) is 13.2 Å². The highest BCUT2D eigenvalue weighted by atomic mass is 32.1. The van der Waals surface area contributed by atoms with Crippen LogP contribution in [0.25, 0.3) is 6.08 Å². The molecule has 1 fully saturated rings. The van der Waals surface area contributed by atoms with Gasteiger partial charge in [-0.25, -0.2) is 0 Å². The first kappa shape index (κ1) is 24.3. The lowest BCUT2D eigenvalue weighted by Crippen LogP contribution is -2.32. The number of benzene rings is 1. The second-order valence-electron chi connectivity index (χ2n) is 8.34. The predicted octanol–water partition coefficient (Wildman–Crippen LogP) is 4.21. The molecule has 10 heteroatoms. The van der Waals surface area contributed by atoms with Crippen molar-refractivity contribution in [3.8, 4) is 17.6 Å². The van der Waals surface area contributed by atoms with Gasteiger partial charge in [0, 0.05) is 31.0 Å². The Balaban J connectivity index is 1.36. The minimum absolute atomic E-state index is 0.0118. The summed E-state index contributed by atoms with van der Waals surface area (Å²) in [6.07, 6.45) is 5.68. The molecule has 1 aliphatic heterocycles. The summed E-state index contributed by atoms with van der Waals surface area (Å²) in [5.41, 5.74) is 0.716. The van der Waals surface area contributed by atoms with Gasteiger partial charge in [-0.3, -0.25) is 10.1 Å². The molecule has 0 saturated carbocycles. The molecule has 3 aromatic rings. The Labute approximate surface area is 208 Å². The van der Waals surface area contributed by atoms with Crippen LogP contribution in [0.15, 0.2) is 48.2 Å². The molecule has 0 bridgehead atoms. The predicted molar refractivity (Wildman–Crippen MR) is 136 cm³/mol. The number of nitrogens with zero attached hydrogens (tertiary/aromatic N) is 5. The zero-order valence-corrected chi connectivity index (χ0v) is 20.6. The van der Waals surface area contributed by atoms with Gasteiger partial charge in [0.15, 0.2) is 0 Å². The zero-order valence-electron chi connectivity index (χ0n) is 19.8. The zero-order chi connectivity index (χ0) is 24.6. The van der Waals surface area contributed by atoms with Crippen molar-refractivity contribution in [2.24, 2.45) is 5.92 Å². The number of carbonyl (C=O) groups excluding carboxylic acids is 1. The van der Waals surface area contributed by atoms with Crippen molar-refractivity contribution in [3.63, 3.8) is 0 Å². The Kier molecular flexibility index (Phi) is 8.00. The Hall–Kier alpha value is -3.84. The van der Waals surface area contributed by atoms with Gasteiger partial charge < -0.3 is 18.9 Å². The van der Waals surface area contributed by atoms with Gasteiger partial charge in [-0.1, -0.05) is 24.3 Å². The molecule has 35 heavy (non-hydrogen) atoms. The first-order valence-electron chi connectivity index (χ1n) is 11.5. The van der Waals surface area contributed by atoms with Crippen LogP contribution in [-0.4, -0.2) is 47.5 Å². The average molecular weight is 493 g/mol. The van der Waals surface area contributed by atoms with Gasteiger partial charge in [0.2, 0.25) is 10.3 Å². The maximum absolute atomic E-state index is 12.7. The minimum Gasteiger partial charge on any atom is -0.497 e. The van der Waals surface area contributed by atoms with E-state index in [4.69, 9.17) is 9.47 Å². The molecule has 0 radical (unpaired) electrons. The fourth-order valence-electron chi connectivity index (χ4n) is 3.77. The number of piperidine rings is 1. The Morgan fingerprint density at radius 1 is 1.26 bits per heavy atom. The molecule has 1 N–H and O–H groups in total. The third kappa shape index (κ3) is 6.39. The van der Waals surface area contributed by atoms with Crippen LogP contribution in [-0.2, 0) is 11.3 Å². The summed E-state index contributed by atoms with van der Waals surface area (Å²) in [4.78, 5) is 14.9. The van der Waals surface area contributed by atoms with Crippen molar-refractivity contribution < 1.29 is 14.3 Å². The number of rotatable bonds is 9. The quantitative estimate of drug-likeness (QED) is 0.352. The van der Waals surface area contributed by atoms with Crippen LogP contribution >= 0.6 is 11.3 Å². The van der Waals surface area contributed by atoms with E-state index in [2.05, 4.69) is 27.3 Å². The number of hydrogen-bond donors (Lipinski definition) is 1. The largest absolute Gasteiger partial charge is 0.497 e. The van der Waals surface area contributed by atoms with Crippen molar-refractivity contribution >= 4 is 33.6 Å². The van der Waals surface area contributed by atoms with E-state index in [1.807, 2.05) is 53.2 Å². The van der Waals surface area contributed by atoms with E-state index < -0.39 is 5.91 Å². The number of hydrogen-bond acceptors (Lipinski definition) is 8. The number of methoxy groups -OCH3 is 1. The van der Waals surface area contributed by atoms with Crippen molar-refractivity contribution in [2.45, 2.75) is 26.3 Å². The molecule has 1 aliphatic rings. The molecule has 4 rings (SSSR count). The van der Waals surface area contributed by atoms with E-state index in [-0.39, 0.29) is 5.57 Å². The van der Waals surface area contributed by atoms with Gasteiger partial charge in [0.25, 0.3) is 5.91 Å². The van der Waals surface area contributed by atoms with E-state index in [1.165, 1.54) is 11.3 Å². The Morgan fingerprint density at radius 3 is 2.83 bits per heavy atom. The second kappa shape index (κ2) is 11.5. The Bertz CT molecular complexity index is 1220. The maximum atomic E-state index is 12.7. The standard InChI is InChI=1S/C25H28N6O3S/c1-18-8-11-31(12-9-18)25-29-28-24(35-25)27-23(32)19(17-26)15-20-5-4-10-30(20)13-14-34-22-7-3-6-21(16-22)33-2/h3-7,10,15-16,18H,8-9,11-14H2,1-2H3,(H,27,28,32)/b19-15-. The van der Waals surface area contributed by atoms with Crippen LogP contribution in [0.4, 0.5) is 10.3 Å². The summed E-state index contributed by atoms with van der Waals surface area (Å²) < 4.78 is 12.9. The molecule has 0 unspecified atom stereocenters. The normalized spacial score (nSPS) is 14.4. The molecule has 2 aromatic heterocycles. The summed E-state index contributed by atoms with van der Waals surface area (Å²) in [5, 5.41) is 21.8. The fourth-order valence-corrected chi connectivity index (χ4v) is 4.56. The molecule has 182 valence electrons. The first-order chi connectivity index (χ1) is 17.1. The molecule has 0 aliphatic carbocycles. The number of aromatic nitrogens is 3. The van der Waals surface area contributed by atoms with Gasteiger partial charge in [-0.2, -0.15) is 5.26 Å². The van der Waals surface area contributed by atoms with Gasteiger partial charge >= 0.3 is 0 Å². The lowest BCUT2D eigenvalue weighted by Gasteiger charge is -2.29. The highest BCUT2D eigenvalue weighted by Crippen LogP contribution is 2.28. The molecule has 1 saturated heterocycles. The van der Waals surface area contributed by atoms with Crippen LogP contribution in [0, 0.1) is 17.2 Å². The van der Waals surface area contributed by atoms with Crippen LogP contribution < -0.4 is 19.7 Å². The molecule has 3 heterocycles. The maximum Gasteiger partial charge on any atom is 0.268 e. The molecular weight excluding hydrogens is 464 g/mol. The SMILES string of the molecule is COc1cccc(OCCn2cccc2/C=C(/C#N)C(=O)Nc2nnc(N3CCC(C)CC3)s2)c1. The van der Waals surface area contributed by atoms with Crippen molar-refractivity contribution in [2.75, 3.05) is 37.0 Å². The molecule has 0 atom stereocenters. The molecular formula is C25H28N6O3S. The summed E-state index contributed by atoms with van der Waals surface area (Å²) in [7, 11) is 1.61. The third-order valence-corrected chi connectivity index (χ3v) is 6.75. The van der Waals surface area contributed by atoms with Crippen LogP contribution in [0.2, 0.25) is 0 Å². The highest BCUT2D eigenvalue weighted by Gasteiger charge is 2.20. The summed E-state index contributed by atoms with van der Waals surface area (Å²) >= 11 is 1.32. The smallest absolute Gasteiger partial charge is 0.268 e. The number of nitriles is 1. The average Bonchev–Trinajstić information content (AvgIpc) is 3.52. The van der Waals surface area contributed by atoms with E-state index in [0.29, 0.717) is 30.0 Å². The summed E-state index contributed by atoms with van der Waals surface area (Å²) in [6, 6.07) is 13.1. The Morgan fingerprint density at radius 2 is 2.06 bits per heavy atom. The molecule has 0 spiro atoms. The summed E-state index contributed by atoms with van der Waals surface area (Å²) in [5.74, 6) is 1.64. The summed E-state index contributed by atoms with van der Waals surface area (Å²) in [6.45, 7) is 5.09. The first-order valence-corrected chi connectivity index (χ1v) is 12.3. The van der Waals surface area contributed by atoms with Gasteiger partial charge in [-0.15, -0.1) is 10.2 Å². The van der Waals surface area contributed by atoms with Crippen molar-refractivity contribution in [1.82, 2.24) is 14.8 Å². The van der Waals surface area contributed by atoms with Gasteiger partial charge in [0.1, 0.15) is 29.7 Å². The molecule has 1 aromatic carbocycles. The van der Waals surface area contributed by atoms with Crippen LogP contribution in [0.3, 0.4) is 0 Å². The second-order valence-corrected chi connectivity index (χ2v) is 9.29. The van der Waals surface area contributed by atoms with Gasteiger partial charge in [-0.05, 0) is 49.1 Å². The topological polar surface area (TPSA) is 105 Å². The minimum atomic E-state index is -0.511. The van der Waals surface area contributed by atoms with E-state index >= 15 is 0 Å². The fraction of sp³-hybridized carbons (Fsp3) is 0.360. The number of anilines is 2. The number of carbonyl (C=O) groups is 1. The molecule has 1 amide bonds. The number of amides is 1. The number of nitrogens with one attached hydrogen (secondary N) is 1. The number of ether oxygens (including phenoxy) is 2. The van der Waals surface area contributed by atoms with Crippen LogP contribution in [0.1, 0.15) is 25.5 Å². The van der Waals surface area contributed by atoms with Crippen LogP contribution in [0.5, 0.6) is 11.5 Å². The lowest BCUT2D eigenvalue weighted by molar-refractivity contribution is -0.112. The lowest BCUT2D eigenvalue weighted by atomic mass is 10.00. The van der Waals surface area contributed by atoms with Crippen molar-refractivity contribution in [1.29, 1.82) is 5.26 Å².